The summed E-state index contributed by atoms with van der Waals surface area (Å²) in [6.07, 6.45) is -1.32. The molecule has 0 aromatic heterocycles. The Kier molecular flexibility index (Phi) is 4.83. The van der Waals surface area contributed by atoms with Crippen LogP contribution >= 0.6 is 0 Å². The Hall–Kier alpha value is -0.740. The third kappa shape index (κ3) is 3.89. The number of carboxylic acids is 1. The van der Waals surface area contributed by atoms with Gasteiger partial charge in [0.05, 0.1) is 19.3 Å². The molecule has 1 fully saturated rings. The molecule has 2 unspecified atom stereocenters. The van der Waals surface area contributed by atoms with Crippen molar-refractivity contribution in [2.24, 2.45) is 0 Å². The second-order valence-electron chi connectivity index (χ2n) is 3.69. The van der Waals surface area contributed by atoms with E-state index in [0.717, 1.165) is 4.31 Å². The first-order valence-corrected chi connectivity index (χ1v) is 6.54. The second kappa shape index (κ2) is 5.74. The molecule has 1 aliphatic rings. The zero-order valence-corrected chi connectivity index (χ0v) is 10.2. The van der Waals surface area contributed by atoms with Gasteiger partial charge in [-0.25, -0.2) is 0 Å². The molecule has 0 spiro atoms. The van der Waals surface area contributed by atoms with E-state index < -0.39 is 28.3 Å². The quantitative estimate of drug-likeness (QED) is 0.530. The first kappa shape index (κ1) is 14.3. The van der Waals surface area contributed by atoms with Crippen molar-refractivity contribution in [1.82, 2.24) is 9.03 Å². The van der Waals surface area contributed by atoms with Crippen LogP contribution in [0.5, 0.6) is 0 Å². The monoisotopic (exact) mass is 268 g/mol. The predicted octanol–water partition coefficient (Wildman–Crippen LogP) is -2.01. The fraction of sp³-hybridized carbons (Fsp3) is 0.875. The zero-order chi connectivity index (χ0) is 13.1. The highest BCUT2D eigenvalue weighted by Crippen LogP contribution is 2.05. The molecular weight excluding hydrogens is 252 g/mol. The predicted molar refractivity (Wildman–Crippen MR) is 57.6 cm³/mol. The van der Waals surface area contributed by atoms with Crippen LogP contribution in [0.1, 0.15) is 6.92 Å². The Bertz CT molecular complexity index is 362. The summed E-state index contributed by atoms with van der Waals surface area (Å²) in [5.41, 5.74) is 0. The fourth-order valence-electron chi connectivity index (χ4n) is 1.38. The van der Waals surface area contributed by atoms with Gasteiger partial charge in [0.2, 0.25) is 0 Å². The van der Waals surface area contributed by atoms with Gasteiger partial charge in [0.15, 0.2) is 0 Å². The molecule has 0 radical (unpaired) electrons. The number of hydrogen-bond acceptors (Lipinski definition) is 5. The Morgan fingerprint density at radius 1 is 1.41 bits per heavy atom. The van der Waals surface area contributed by atoms with Gasteiger partial charge in [0, 0.05) is 13.1 Å². The third-order valence-corrected chi connectivity index (χ3v) is 3.93. The minimum absolute atomic E-state index is 0.168. The molecule has 1 aliphatic heterocycles. The highest BCUT2D eigenvalue weighted by Gasteiger charge is 2.32. The van der Waals surface area contributed by atoms with Gasteiger partial charge < -0.3 is 14.9 Å². The third-order valence-electron chi connectivity index (χ3n) is 2.33. The van der Waals surface area contributed by atoms with E-state index in [1.54, 1.807) is 0 Å². The molecule has 1 rings (SSSR count). The number of aliphatic hydroxyl groups excluding tert-OH is 1. The van der Waals surface area contributed by atoms with Gasteiger partial charge in [-0.05, 0) is 6.92 Å². The largest absolute Gasteiger partial charge is 0.480 e. The molecule has 17 heavy (non-hydrogen) atoms. The van der Waals surface area contributed by atoms with Crippen LogP contribution in [0.3, 0.4) is 0 Å². The number of nitrogens with one attached hydrogen (secondary N) is 1. The van der Waals surface area contributed by atoms with Crippen molar-refractivity contribution in [3.05, 3.63) is 0 Å². The van der Waals surface area contributed by atoms with Crippen molar-refractivity contribution in [1.29, 1.82) is 0 Å². The van der Waals surface area contributed by atoms with Crippen LogP contribution in [0.2, 0.25) is 0 Å². The number of carboxylic acid groups (broad SMARTS) is 1. The molecule has 0 bridgehead atoms. The number of aliphatic carboxylic acids is 1. The summed E-state index contributed by atoms with van der Waals surface area (Å²) in [6, 6.07) is -1.55. The SMILES string of the molecule is CC(O)C(NS(=O)(=O)N1CCOCC1)C(=O)O. The summed E-state index contributed by atoms with van der Waals surface area (Å²) < 4.78 is 31.6. The lowest BCUT2D eigenvalue weighted by atomic mass is 10.2. The van der Waals surface area contributed by atoms with Crippen molar-refractivity contribution in [3.8, 4) is 0 Å². The summed E-state index contributed by atoms with van der Waals surface area (Å²) >= 11 is 0. The number of ether oxygens (including phenoxy) is 1. The van der Waals surface area contributed by atoms with Crippen LogP contribution in [-0.4, -0.2) is 67.4 Å². The highest BCUT2D eigenvalue weighted by atomic mass is 32.2. The maximum atomic E-state index is 11.8. The lowest BCUT2D eigenvalue weighted by Crippen LogP contribution is -2.54. The number of rotatable bonds is 5. The van der Waals surface area contributed by atoms with Crippen LogP contribution in [0, 0.1) is 0 Å². The number of aliphatic hydroxyl groups is 1. The van der Waals surface area contributed by atoms with E-state index in [9.17, 15) is 18.3 Å². The van der Waals surface area contributed by atoms with Crippen LogP contribution in [0.25, 0.3) is 0 Å². The van der Waals surface area contributed by atoms with E-state index in [2.05, 4.69) is 0 Å². The maximum Gasteiger partial charge on any atom is 0.324 e. The van der Waals surface area contributed by atoms with Gasteiger partial charge in [-0.1, -0.05) is 0 Å². The highest BCUT2D eigenvalue weighted by molar-refractivity contribution is 7.87. The van der Waals surface area contributed by atoms with E-state index in [4.69, 9.17) is 9.84 Å². The molecule has 0 aromatic carbocycles. The molecule has 1 saturated heterocycles. The van der Waals surface area contributed by atoms with Crippen molar-refractivity contribution in [2.45, 2.75) is 19.1 Å². The molecule has 9 heteroatoms. The number of hydrogen-bond donors (Lipinski definition) is 3. The van der Waals surface area contributed by atoms with E-state index in [-0.39, 0.29) is 26.3 Å². The van der Waals surface area contributed by atoms with Crippen LogP contribution in [0.4, 0.5) is 0 Å². The number of nitrogens with zero attached hydrogens (tertiary/aromatic N) is 1. The van der Waals surface area contributed by atoms with E-state index in [1.807, 2.05) is 4.72 Å². The molecule has 8 nitrogen and oxygen atoms in total. The van der Waals surface area contributed by atoms with Gasteiger partial charge in [-0.15, -0.1) is 0 Å². The van der Waals surface area contributed by atoms with Crippen LogP contribution in [0.15, 0.2) is 0 Å². The first-order valence-electron chi connectivity index (χ1n) is 5.10. The van der Waals surface area contributed by atoms with Gasteiger partial charge in [-0.2, -0.15) is 17.4 Å². The molecule has 3 N–H and O–H groups in total. The molecule has 0 saturated carbocycles. The van der Waals surface area contributed by atoms with Crippen LogP contribution < -0.4 is 4.72 Å². The van der Waals surface area contributed by atoms with Crippen LogP contribution in [-0.2, 0) is 19.7 Å². The van der Waals surface area contributed by atoms with Gasteiger partial charge >= 0.3 is 5.97 Å². The summed E-state index contributed by atoms with van der Waals surface area (Å²) in [5, 5.41) is 18.0. The van der Waals surface area contributed by atoms with Crippen molar-refractivity contribution in [3.63, 3.8) is 0 Å². The second-order valence-corrected chi connectivity index (χ2v) is 5.39. The summed E-state index contributed by atoms with van der Waals surface area (Å²) in [5.74, 6) is -1.42. The Balaban J connectivity index is 2.73. The minimum Gasteiger partial charge on any atom is -0.480 e. The number of morpholine rings is 1. The minimum atomic E-state index is -3.91. The molecule has 0 amide bonds. The van der Waals surface area contributed by atoms with Gasteiger partial charge in [0.25, 0.3) is 10.2 Å². The Morgan fingerprint density at radius 3 is 2.35 bits per heavy atom. The van der Waals surface area contributed by atoms with E-state index in [0.29, 0.717) is 0 Å². The summed E-state index contributed by atoms with van der Waals surface area (Å²) in [4.78, 5) is 10.8. The standard InChI is InChI=1S/C8H16N2O6S/c1-6(11)7(8(12)13)9-17(14,15)10-2-4-16-5-3-10/h6-7,9,11H,2-5H2,1H3,(H,12,13). The molecular formula is C8H16N2O6S. The van der Waals surface area contributed by atoms with Gasteiger partial charge in [-0.3, -0.25) is 4.79 Å². The fourth-order valence-corrected chi connectivity index (χ4v) is 2.77. The van der Waals surface area contributed by atoms with Crippen molar-refractivity contribution in [2.75, 3.05) is 26.3 Å². The number of carbonyl (C=O) groups is 1. The van der Waals surface area contributed by atoms with E-state index >= 15 is 0 Å². The Labute approximate surface area is 99.4 Å². The molecule has 1 heterocycles. The molecule has 0 aromatic rings. The molecule has 0 aliphatic carbocycles. The average Bonchev–Trinajstić information content (AvgIpc) is 2.26. The molecule has 100 valence electrons. The molecule has 2 atom stereocenters. The topological polar surface area (TPSA) is 116 Å². The van der Waals surface area contributed by atoms with Gasteiger partial charge in [0.1, 0.15) is 6.04 Å². The van der Waals surface area contributed by atoms with E-state index in [1.165, 1.54) is 6.92 Å². The zero-order valence-electron chi connectivity index (χ0n) is 9.37. The smallest absolute Gasteiger partial charge is 0.324 e. The summed E-state index contributed by atoms with van der Waals surface area (Å²) in [7, 11) is -3.91. The van der Waals surface area contributed by atoms with Crippen molar-refractivity contribution >= 4 is 16.2 Å². The average molecular weight is 268 g/mol. The summed E-state index contributed by atoms with van der Waals surface area (Å²) in [6.45, 7) is 2.09. The normalized spacial score (nSPS) is 22.0. The first-order chi connectivity index (χ1) is 7.84. The lowest BCUT2D eigenvalue weighted by Gasteiger charge is -2.28. The maximum absolute atomic E-state index is 11.8. The lowest BCUT2D eigenvalue weighted by molar-refractivity contribution is -0.141. The Morgan fingerprint density at radius 2 is 1.94 bits per heavy atom. The van der Waals surface area contributed by atoms with Crippen molar-refractivity contribution < 1.29 is 28.2 Å².